The first-order chi connectivity index (χ1) is 32.9. The third-order valence-electron chi connectivity index (χ3n) is 9.62. The highest BCUT2D eigenvalue weighted by Crippen LogP contribution is 2.31. The van der Waals surface area contributed by atoms with Gasteiger partial charge >= 0.3 is 30.2 Å². The van der Waals surface area contributed by atoms with Crippen LogP contribution in [0.15, 0.2) is 37.6 Å². The van der Waals surface area contributed by atoms with Crippen LogP contribution in [0, 0.1) is 13.5 Å². The van der Waals surface area contributed by atoms with Crippen LogP contribution in [0.5, 0.6) is 0 Å². The first-order valence-corrected chi connectivity index (χ1v) is 23.4. The van der Waals surface area contributed by atoms with E-state index in [-0.39, 0.29) is 31.8 Å². The molecule has 2 amide bonds. The number of aryl methyl sites for hydroxylation is 1. The zero-order valence-electron chi connectivity index (χ0n) is 42.3. The molecule has 4 rings (SSSR count). The number of aromatic nitrogens is 4. The van der Waals surface area contributed by atoms with E-state index in [1.54, 1.807) is 34.7 Å². The van der Waals surface area contributed by atoms with Crippen molar-refractivity contribution in [1.29, 1.82) is 0 Å². The number of halogens is 1. The Balaban J connectivity index is 0.00000119. The number of carbonyl (C=O) groups is 3. The van der Waals surface area contributed by atoms with Gasteiger partial charge < -0.3 is 44.4 Å². The fraction of sp³-hybridized carbons (Fsp3) is 0.721. The summed E-state index contributed by atoms with van der Waals surface area (Å²) < 4.78 is 25.5. The number of hydrogen-bond acceptors (Lipinski definition) is 18. The molecule has 0 spiro atoms. The number of nitrogens with one attached hydrogen (secondary N) is 5. The quantitative estimate of drug-likeness (QED) is 0.0760. The van der Waals surface area contributed by atoms with Crippen LogP contribution in [0.3, 0.4) is 0 Å². The van der Waals surface area contributed by atoms with Gasteiger partial charge in [0.25, 0.3) is 11.1 Å². The SMILES string of the molecule is CC.CC(C)(C)OC(=O)NC(CCC(=O)O)C(=O)NCC1OC(n2ccc(=O)[nH]c2=O)C(O)C1O.CCCC.OBr.[C-]#[N+]CON(OC1CC(n2cc(C)c(=O)[nH]c2=O)OC1NC)N(C(C)C)C(C)C. The summed E-state index contributed by atoms with van der Waals surface area (Å²) in [4.78, 5) is 102. The van der Waals surface area contributed by atoms with Crippen LogP contribution >= 0.6 is 16.3 Å². The Labute approximate surface area is 415 Å². The monoisotopic (exact) mass is 1070 g/mol. The zero-order chi connectivity index (χ0) is 54.1. The van der Waals surface area contributed by atoms with E-state index in [9.17, 15) is 43.8 Å². The fourth-order valence-corrected chi connectivity index (χ4v) is 6.35. The lowest BCUT2D eigenvalue weighted by Crippen LogP contribution is -2.53. The molecule has 0 bridgehead atoms. The Kier molecular flexibility index (Phi) is 30.6. The van der Waals surface area contributed by atoms with Crippen molar-refractivity contribution in [1.82, 2.24) is 45.4 Å². The minimum atomic E-state index is -1.54. The Hall–Kier alpha value is -4.86. The summed E-state index contributed by atoms with van der Waals surface area (Å²) >= 11 is 1.94. The number of rotatable bonds is 18. The van der Waals surface area contributed by atoms with Crippen molar-refractivity contribution in [2.45, 2.75) is 182 Å². The number of aliphatic hydroxyl groups excluding tert-OH is 2. The van der Waals surface area contributed by atoms with Gasteiger partial charge in [0.2, 0.25) is 5.91 Å². The largest absolute Gasteiger partial charge is 0.481 e. The number of hydrogen-bond donors (Lipinski definition) is 9. The number of alkyl carbamates (subject to hydrolysis) is 1. The van der Waals surface area contributed by atoms with E-state index < -0.39 is 102 Å². The van der Waals surface area contributed by atoms with Gasteiger partial charge in [-0.15, -0.1) is 0 Å². The molecule has 0 aromatic carbocycles. The third kappa shape index (κ3) is 21.6. The molecule has 2 saturated heterocycles. The minimum absolute atomic E-state index is 0.0522. The number of aliphatic carboxylic acids is 1. The molecular weight excluding hydrogens is 992 g/mol. The molecule has 4 heterocycles. The second kappa shape index (κ2) is 32.9. The molecule has 2 aliphatic heterocycles. The van der Waals surface area contributed by atoms with E-state index in [2.05, 4.69) is 39.6 Å². The summed E-state index contributed by atoms with van der Waals surface area (Å²) in [6.07, 6.45) is -3.19. The minimum Gasteiger partial charge on any atom is -0.481 e. The van der Waals surface area contributed by atoms with E-state index in [1.165, 1.54) is 28.9 Å². The Morgan fingerprint density at radius 1 is 0.986 bits per heavy atom. The van der Waals surface area contributed by atoms with Crippen molar-refractivity contribution in [2.24, 2.45) is 0 Å². The highest BCUT2D eigenvalue weighted by molar-refractivity contribution is 9.05. The highest BCUT2D eigenvalue weighted by Gasteiger charge is 2.45. The summed E-state index contributed by atoms with van der Waals surface area (Å²) in [5.41, 5.74) is -2.92. The second-order valence-corrected chi connectivity index (χ2v) is 16.8. The molecule has 8 unspecified atom stereocenters. The maximum absolute atomic E-state index is 12.6. The van der Waals surface area contributed by atoms with Crippen LogP contribution in [-0.2, 0) is 33.5 Å². The molecule has 27 heteroatoms. The van der Waals surface area contributed by atoms with E-state index in [1.807, 2.05) is 67.8 Å². The number of amides is 2. The summed E-state index contributed by atoms with van der Waals surface area (Å²) in [6.45, 7) is 29.3. The van der Waals surface area contributed by atoms with Crippen LogP contribution < -0.4 is 38.4 Å². The smallest absolute Gasteiger partial charge is 0.408 e. The molecule has 2 aromatic rings. The number of aliphatic hydroxyl groups is 2. The van der Waals surface area contributed by atoms with Gasteiger partial charge in [-0.05, 0) is 68.9 Å². The summed E-state index contributed by atoms with van der Waals surface area (Å²) in [5, 5.41) is 40.3. The molecule has 2 fully saturated rings. The van der Waals surface area contributed by atoms with Crippen LogP contribution in [0.2, 0.25) is 0 Å². The first-order valence-electron chi connectivity index (χ1n) is 22.7. The van der Waals surface area contributed by atoms with Gasteiger partial charge in [-0.25, -0.2) is 21.0 Å². The summed E-state index contributed by atoms with van der Waals surface area (Å²) in [7, 11) is 1.72. The number of H-pyrrole nitrogens is 2. The van der Waals surface area contributed by atoms with Crippen molar-refractivity contribution in [3.05, 3.63) is 77.1 Å². The molecule has 9 N–H and O–H groups in total. The van der Waals surface area contributed by atoms with Crippen molar-refractivity contribution >= 4 is 34.2 Å². The zero-order valence-corrected chi connectivity index (χ0v) is 43.8. The van der Waals surface area contributed by atoms with E-state index in [4.69, 9.17) is 39.8 Å². The van der Waals surface area contributed by atoms with Gasteiger partial charge in [-0.1, -0.05) is 40.5 Å². The van der Waals surface area contributed by atoms with Crippen molar-refractivity contribution in [2.75, 3.05) is 20.3 Å². The lowest BCUT2D eigenvalue weighted by molar-refractivity contribution is -0.484. The molecule has 0 saturated carbocycles. The molecule has 70 heavy (non-hydrogen) atoms. The maximum atomic E-state index is 12.6. The lowest BCUT2D eigenvalue weighted by Gasteiger charge is -2.38. The van der Waals surface area contributed by atoms with Gasteiger partial charge in [0.15, 0.2) is 6.23 Å². The standard InChI is InChI=1S/C19H28N4O10.C18H30N6O5.C4H10.C2H6.BrHO/c1-19(2,3)33-18(31)21-9(4-5-12(25)26)15(29)20-8-10-13(27)14(28)16(32-10)23-7-6-11(24)22-17(23)30;1-11(2)23(12(3)4)24(27-10-19-6)29-14-8-15(28-17(14)20-7)22-9-13(5)16(25)21-18(22)26;1-3-4-2;2*1-2/h6-7,9-10,13-14,16,27-28H,4-5,8H2,1-3H3,(H,20,29)(H,21,31)(H,25,26)(H,22,24,30);9,11-12,14-15,17,20H,8,10H2,1-5,7H3,(H,21,25,26);3-4H2,1-2H3;1-2H3;2H. The predicted molar refractivity (Wildman–Crippen MR) is 258 cm³/mol. The Morgan fingerprint density at radius 3 is 2.07 bits per heavy atom. The predicted octanol–water partition coefficient (Wildman–Crippen LogP) is 1.91. The number of carboxylic acids is 1. The molecule has 2 aliphatic rings. The first kappa shape index (κ1) is 65.1. The third-order valence-corrected chi connectivity index (χ3v) is 9.62. The molecule has 0 radical (unpaired) electrons. The number of nitrogens with zero attached hydrogens (tertiary/aromatic N) is 5. The number of carboxylic acid groups (broad SMARTS) is 1. The number of carbonyl (C=O) groups excluding carboxylic acids is 2. The average Bonchev–Trinajstić information content (AvgIpc) is 3.83. The topological polar surface area (TPSA) is 335 Å². The summed E-state index contributed by atoms with van der Waals surface area (Å²) in [5.74, 6) is -1.94. The van der Waals surface area contributed by atoms with Gasteiger partial charge in [-0.3, -0.25) is 53.3 Å². The second-order valence-electron chi connectivity index (χ2n) is 16.8. The molecule has 400 valence electrons. The van der Waals surface area contributed by atoms with E-state index >= 15 is 0 Å². The van der Waals surface area contributed by atoms with Gasteiger partial charge in [0.1, 0.15) is 48.5 Å². The molecule has 26 nitrogen and oxygen atoms in total. The number of unbranched alkanes of at least 4 members (excludes halogenated alkanes) is 1. The van der Waals surface area contributed by atoms with Gasteiger partial charge in [-0.2, -0.15) is 9.85 Å². The number of likely N-dealkylation sites (N-methyl/N-ethyl adjacent to an activating group) is 1. The van der Waals surface area contributed by atoms with Crippen molar-refractivity contribution < 1.29 is 57.8 Å². The van der Waals surface area contributed by atoms with Crippen LogP contribution in [-0.4, -0.2) is 142 Å². The Bertz CT molecular complexity index is 2140. The van der Waals surface area contributed by atoms with Gasteiger partial charge in [0, 0.05) is 60.8 Å². The molecule has 2 aromatic heterocycles. The normalized spacial score (nSPS) is 20.9. The average molecular weight is 1070 g/mol. The summed E-state index contributed by atoms with van der Waals surface area (Å²) in [6, 6.07) is -0.112. The van der Waals surface area contributed by atoms with E-state index in [0.717, 1.165) is 16.8 Å². The fourth-order valence-electron chi connectivity index (χ4n) is 6.35. The number of ether oxygens (including phenoxy) is 3. The maximum Gasteiger partial charge on any atom is 0.408 e. The van der Waals surface area contributed by atoms with Crippen LogP contribution in [0.25, 0.3) is 4.85 Å². The van der Waals surface area contributed by atoms with Crippen LogP contribution in [0.1, 0.15) is 126 Å². The molecule has 0 aliphatic carbocycles. The van der Waals surface area contributed by atoms with Crippen LogP contribution in [0.4, 0.5) is 4.79 Å². The molecular formula is C43H75BrN10O16. The highest BCUT2D eigenvalue weighted by atomic mass is 79.9. The van der Waals surface area contributed by atoms with Crippen molar-refractivity contribution in [3.8, 4) is 0 Å². The van der Waals surface area contributed by atoms with Gasteiger partial charge in [0.05, 0.1) is 16.3 Å². The van der Waals surface area contributed by atoms with E-state index in [0.29, 0.717) is 12.0 Å². The lowest BCUT2D eigenvalue weighted by atomic mass is 10.1. The molecule has 8 atom stereocenters. The Morgan fingerprint density at radius 2 is 1.57 bits per heavy atom. The van der Waals surface area contributed by atoms with Crippen molar-refractivity contribution in [3.63, 3.8) is 0 Å². The number of hydrazine groups is 1. The number of aromatic amines is 2.